The summed E-state index contributed by atoms with van der Waals surface area (Å²) in [5, 5.41) is 2.83. The molecule has 0 aliphatic heterocycles. The number of hydrogen-bond acceptors (Lipinski definition) is 3. The molecule has 1 amide bonds. The predicted octanol–water partition coefficient (Wildman–Crippen LogP) is 0.844. The van der Waals surface area contributed by atoms with Crippen molar-refractivity contribution in [2.24, 2.45) is 0 Å². The molecule has 1 aromatic heterocycles. The van der Waals surface area contributed by atoms with Gasteiger partial charge in [0.2, 0.25) is 5.91 Å². The molecular formula is C12H19N3O2. The molecule has 2 N–H and O–H groups in total. The van der Waals surface area contributed by atoms with Crippen LogP contribution in [0.15, 0.2) is 4.79 Å². The summed E-state index contributed by atoms with van der Waals surface area (Å²) in [6, 6.07) is 0.125. The lowest BCUT2D eigenvalue weighted by Gasteiger charge is -2.11. The number of hydrogen-bond donors (Lipinski definition) is 2. The van der Waals surface area contributed by atoms with Crippen molar-refractivity contribution in [2.75, 3.05) is 0 Å². The fourth-order valence-corrected chi connectivity index (χ4v) is 1.55. The molecular weight excluding hydrogens is 218 g/mol. The van der Waals surface area contributed by atoms with Crippen LogP contribution in [0.1, 0.15) is 37.4 Å². The molecule has 0 spiro atoms. The van der Waals surface area contributed by atoms with E-state index in [0.717, 1.165) is 6.42 Å². The van der Waals surface area contributed by atoms with Crippen LogP contribution in [0.5, 0.6) is 0 Å². The lowest BCUT2D eigenvalue weighted by Crippen LogP contribution is -2.35. The van der Waals surface area contributed by atoms with Gasteiger partial charge in [-0.05, 0) is 27.2 Å². The van der Waals surface area contributed by atoms with E-state index in [1.807, 2.05) is 13.8 Å². The Morgan fingerprint density at radius 1 is 1.47 bits per heavy atom. The third-order valence-corrected chi connectivity index (χ3v) is 2.70. The number of carbonyl (C=O) groups is 1. The number of aromatic nitrogens is 2. The van der Waals surface area contributed by atoms with Gasteiger partial charge in [-0.3, -0.25) is 9.59 Å². The first-order chi connectivity index (χ1) is 7.93. The molecule has 1 heterocycles. The van der Waals surface area contributed by atoms with E-state index in [9.17, 15) is 9.59 Å². The Labute approximate surface area is 101 Å². The van der Waals surface area contributed by atoms with Crippen LogP contribution in [0.25, 0.3) is 0 Å². The van der Waals surface area contributed by atoms with Crippen LogP contribution in [-0.4, -0.2) is 21.9 Å². The standard InChI is InChI=1S/C12H19N3O2/c1-5-7(2)13-11(16)6-10-8(3)14-9(4)15-12(10)17/h7H,5-6H2,1-4H3,(H,13,16)(H,14,15,17)/t7-/m1/s1. The van der Waals surface area contributed by atoms with Gasteiger partial charge in [-0.15, -0.1) is 0 Å². The summed E-state index contributed by atoms with van der Waals surface area (Å²) in [7, 11) is 0. The van der Waals surface area contributed by atoms with Crippen molar-refractivity contribution in [3.05, 3.63) is 27.4 Å². The molecule has 5 nitrogen and oxygen atoms in total. The number of rotatable bonds is 4. The van der Waals surface area contributed by atoms with E-state index in [0.29, 0.717) is 17.1 Å². The molecule has 1 aromatic rings. The van der Waals surface area contributed by atoms with Crippen molar-refractivity contribution in [1.82, 2.24) is 15.3 Å². The van der Waals surface area contributed by atoms with E-state index in [2.05, 4.69) is 15.3 Å². The van der Waals surface area contributed by atoms with Crippen molar-refractivity contribution < 1.29 is 4.79 Å². The van der Waals surface area contributed by atoms with Crippen molar-refractivity contribution in [2.45, 2.75) is 46.6 Å². The first kappa shape index (κ1) is 13.4. The fourth-order valence-electron chi connectivity index (χ4n) is 1.55. The number of nitrogens with one attached hydrogen (secondary N) is 2. The minimum Gasteiger partial charge on any atom is -0.353 e. The molecule has 0 bridgehead atoms. The van der Waals surface area contributed by atoms with Gasteiger partial charge >= 0.3 is 0 Å². The molecule has 0 saturated heterocycles. The third kappa shape index (κ3) is 3.69. The summed E-state index contributed by atoms with van der Waals surface area (Å²) < 4.78 is 0. The second-order valence-corrected chi connectivity index (χ2v) is 4.27. The highest BCUT2D eigenvalue weighted by Gasteiger charge is 2.12. The second-order valence-electron chi connectivity index (χ2n) is 4.27. The number of carbonyl (C=O) groups excluding carboxylic acids is 1. The highest BCUT2D eigenvalue weighted by atomic mass is 16.2. The van der Waals surface area contributed by atoms with E-state index in [1.165, 1.54) is 0 Å². The average Bonchev–Trinajstić information content (AvgIpc) is 2.23. The topological polar surface area (TPSA) is 74.8 Å². The fraction of sp³-hybridized carbons (Fsp3) is 0.583. The van der Waals surface area contributed by atoms with Gasteiger partial charge in [-0.25, -0.2) is 4.98 Å². The van der Waals surface area contributed by atoms with Gasteiger partial charge < -0.3 is 10.3 Å². The summed E-state index contributed by atoms with van der Waals surface area (Å²) in [4.78, 5) is 30.1. The number of aromatic amines is 1. The first-order valence-corrected chi connectivity index (χ1v) is 5.79. The highest BCUT2D eigenvalue weighted by molar-refractivity contribution is 5.78. The van der Waals surface area contributed by atoms with Crippen LogP contribution in [0.3, 0.4) is 0 Å². The zero-order chi connectivity index (χ0) is 13.0. The Bertz CT molecular complexity index is 465. The maximum atomic E-state index is 11.7. The Hall–Kier alpha value is -1.65. The van der Waals surface area contributed by atoms with Gasteiger partial charge in [0.1, 0.15) is 5.82 Å². The summed E-state index contributed by atoms with van der Waals surface area (Å²) in [5.41, 5.74) is 0.830. The van der Waals surface area contributed by atoms with Gasteiger partial charge in [0.25, 0.3) is 5.56 Å². The molecule has 1 atom stereocenters. The van der Waals surface area contributed by atoms with E-state index in [-0.39, 0.29) is 23.9 Å². The molecule has 94 valence electrons. The molecule has 0 saturated carbocycles. The van der Waals surface area contributed by atoms with Crippen molar-refractivity contribution in [3.8, 4) is 0 Å². The highest BCUT2D eigenvalue weighted by Crippen LogP contribution is 2.00. The van der Waals surface area contributed by atoms with E-state index < -0.39 is 0 Å². The smallest absolute Gasteiger partial charge is 0.254 e. The monoisotopic (exact) mass is 237 g/mol. The van der Waals surface area contributed by atoms with Gasteiger partial charge in [0, 0.05) is 17.3 Å². The second kappa shape index (κ2) is 5.61. The largest absolute Gasteiger partial charge is 0.353 e. The minimum absolute atomic E-state index is 0.0821. The number of H-pyrrole nitrogens is 1. The Kier molecular flexibility index (Phi) is 4.43. The summed E-state index contributed by atoms with van der Waals surface area (Å²) in [6.45, 7) is 7.39. The van der Waals surface area contributed by atoms with Crippen LogP contribution in [0, 0.1) is 13.8 Å². The van der Waals surface area contributed by atoms with Gasteiger partial charge in [-0.1, -0.05) is 6.92 Å². The quantitative estimate of drug-likeness (QED) is 0.815. The lowest BCUT2D eigenvalue weighted by molar-refractivity contribution is -0.121. The number of amides is 1. The van der Waals surface area contributed by atoms with Crippen molar-refractivity contribution in [3.63, 3.8) is 0 Å². The molecule has 17 heavy (non-hydrogen) atoms. The van der Waals surface area contributed by atoms with Crippen LogP contribution in [0.4, 0.5) is 0 Å². The molecule has 0 unspecified atom stereocenters. The van der Waals surface area contributed by atoms with Crippen LogP contribution in [0.2, 0.25) is 0 Å². The molecule has 0 aromatic carbocycles. The van der Waals surface area contributed by atoms with Crippen LogP contribution < -0.4 is 10.9 Å². The Morgan fingerprint density at radius 3 is 2.65 bits per heavy atom. The molecule has 5 heteroatoms. The Morgan fingerprint density at radius 2 is 2.12 bits per heavy atom. The summed E-state index contributed by atoms with van der Waals surface area (Å²) in [6.07, 6.45) is 0.950. The zero-order valence-electron chi connectivity index (χ0n) is 10.8. The van der Waals surface area contributed by atoms with Gasteiger partial charge in [-0.2, -0.15) is 0 Å². The molecule has 0 radical (unpaired) electrons. The maximum Gasteiger partial charge on any atom is 0.254 e. The van der Waals surface area contributed by atoms with Crippen molar-refractivity contribution in [1.29, 1.82) is 0 Å². The van der Waals surface area contributed by atoms with Gasteiger partial charge in [0.15, 0.2) is 0 Å². The molecule has 0 aliphatic rings. The van der Waals surface area contributed by atoms with Crippen LogP contribution in [-0.2, 0) is 11.2 Å². The van der Waals surface area contributed by atoms with Crippen molar-refractivity contribution >= 4 is 5.91 Å². The first-order valence-electron chi connectivity index (χ1n) is 5.79. The molecule has 0 aliphatic carbocycles. The average molecular weight is 237 g/mol. The number of aryl methyl sites for hydroxylation is 2. The van der Waals surface area contributed by atoms with E-state index in [4.69, 9.17) is 0 Å². The summed E-state index contributed by atoms with van der Waals surface area (Å²) >= 11 is 0. The normalized spacial score (nSPS) is 12.2. The molecule has 1 rings (SSSR count). The maximum absolute atomic E-state index is 11.7. The summed E-state index contributed by atoms with van der Waals surface area (Å²) in [5.74, 6) is 0.428. The van der Waals surface area contributed by atoms with E-state index in [1.54, 1.807) is 13.8 Å². The predicted molar refractivity (Wildman–Crippen MR) is 65.9 cm³/mol. The van der Waals surface area contributed by atoms with Gasteiger partial charge in [0.05, 0.1) is 6.42 Å². The third-order valence-electron chi connectivity index (χ3n) is 2.70. The van der Waals surface area contributed by atoms with Crippen LogP contribution >= 0.6 is 0 Å². The number of nitrogens with zero attached hydrogens (tertiary/aromatic N) is 1. The molecule has 0 fully saturated rings. The minimum atomic E-state index is -0.227. The zero-order valence-corrected chi connectivity index (χ0v) is 10.8. The Balaban J connectivity index is 2.82. The van der Waals surface area contributed by atoms with E-state index >= 15 is 0 Å². The SMILES string of the molecule is CC[C@@H](C)NC(=O)Cc1c(C)nc(C)[nH]c1=O. The lowest BCUT2D eigenvalue weighted by atomic mass is 10.1.